The zero-order valence-corrected chi connectivity index (χ0v) is 15.4. The number of unbranched alkanes of at least 4 members (excludes halogenated alkanes) is 5. The van der Waals surface area contributed by atoms with Gasteiger partial charge in [0, 0.05) is 0 Å². The summed E-state index contributed by atoms with van der Waals surface area (Å²) in [5.74, 6) is -0.415. The highest BCUT2D eigenvalue weighted by molar-refractivity contribution is 6.29. The maximum atomic E-state index is 12.3. The Morgan fingerprint density at radius 3 is 2.30 bits per heavy atom. The summed E-state index contributed by atoms with van der Waals surface area (Å²) in [6.07, 6.45) is 12.7. The molecule has 0 aliphatic rings. The Bertz CT molecular complexity index is 465. The number of carbonyl (C=O) groups excluding carboxylic acids is 1. The molecule has 1 aromatic heterocycles. The third-order valence-corrected chi connectivity index (χ3v) is 4.23. The average molecular weight is 341 g/mol. The lowest BCUT2D eigenvalue weighted by atomic mass is 9.92. The first kappa shape index (κ1) is 19.9. The third kappa shape index (κ3) is 7.78. The van der Waals surface area contributed by atoms with Crippen LogP contribution in [0.25, 0.3) is 0 Å². The van der Waals surface area contributed by atoms with Crippen LogP contribution < -0.4 is 0 Å². The van der Waals surface area contributed by atoms with E-state index in [2.05, 4.69) is 23.8 Å². The lowest BCUT2D eigenvalue weighted by Crippen LogP contribution is -2.32. The van der Waals surface area contributed by atoms with Crippen molar-refractivity contribution in [3.8, 4) is 0 Å². The first-order valence-corrected chi connectivity index (χ1v) is 9.09. The Balaban J connectivity index is 2.60. The van der Waals surface area contributed by atoms with Crippen molar-refractivity contribution in [2.24, 2.45) is 0 Å². The summed E-state index contributed by atoms with van der Waals surface area (Å²) in [6, 6.07) is 0. The van der Waals surface area contributed by atoms with Crippen LogP contribution in [0, 0.1) is 0 Å². The Morgan fingerprint density at radius 2 is 1.70 bits per heavy atom. The highest BCUT2D eigenvalue weighted by Crippen LogP contribution is 2.27. The van der Waals surface area contributed by atoms with E-state index >= 15 is 0 Å². The molecular formula is C18H29ClN2O2. The number of nitrogens with zero attached hydrogens (tertiary/aromatic N) is 2. The molecule has 0 saturated carbocycles. The van der Waals surface area contributed by atoms with Crippen LogP contribution in [0.5, 0.6) is 0 Å². The largest absolute Gasteiger partial charge is 0.455 e. The van der Waals surface area contributed by atoms with E-state index in [1.165, 1.54) is 38.1 Å². The van der Waals surface area contributed by atoms with Crippen molar-refractivity contribution in [3.63, 3.8) is 0 Å². The standard InChI is InChI=1S/C18H29ClN2O2/c1-4-6-8-9-10-12-18(3,11-7-5-2)23-17(22)15-13-21-16(19)14-20-15/h13-14H,4-12H2,1-3H3/t18-/m0/s1. The van der Waals surface area contributed by atoms with Crippen molar-refractivity contribution in [3.05, 3.63) is 23.2 Å². The molecule has 0 spiro atoms. The molecule has 0 N–H and O–H groups in total. The van der Waals surface area contributed by atoms with Gasteiger partial charge in [-0.1, -0.05) is 57.6 Å². The highest BCUT2D eigenvalue weighted by Gasteiger charge is 2.29. The first-order valence-electron chi connectivity index (χ1n) is 8.71. The summed E-state index contributed by atoms with van der Waals surface area (Å²) in [4.78, 5) is 20.2. The van der Waals surface area contributed by atoms with Gasteiger partial charge in [-0.2, -0.15) is 0 Å². The van der Waals surface area contributed by atoms with Crippen molar-refractivity contribution in [1.82, 2.24) is 9.97 Å². The molecule has 0 bridgehead atoms. The van der Waals surface area contributed by atoms with E-state index < -0.39 is 11.6 Å². The highest BCUT2D eigenvalue weighted by atomic mass is 35.5. The fourth-order valence-electron chi connectivity index (χ4n) is 2.57. The second-order valence-electron chi connectivity index (χ2n) is 6.33. The number of hydrogen-bond donors (Lipinski definition) is 0. The van der Waals surface area contributed by atoms with Gasteiger partial charge in [-0.3, -0.25) is 0 Å². The lowest BCUT2D eigenvalue weighted by molar-refractivity contribution is -0.0203. The maximum absolute atomic E-state index is 12.3. The lowest BCUT2D eigenvalue weighted by Gasteiger charge is -2.29. The number of carbonyl (C=O) groups is 1. The SMILES string of the molecule is CCCCCCC[C@](C)(CCCC)OC(=O)c1cnc(Cl)cn1. The Hall–Kier alpha value is -1.16. The zero-order valence-electron chi connectivity index (χ0n) is 14.6. The molecule has 0 amide bonds. The molecule has 1 atom stereocenters. The van der Waals surface area contributed by atoms with Gasteiger partial charge in [0.15, 0.2) is 5.69 Å². The molecule has 130 valence electrons. The summed E-state index contributed by atoms with van der Waals surface area (Å²) < 4.78 is 5.79. The molecule has 4 nitrogen and oxygen atoms in total. The second-order valence-corrected chi connectivity index (χ2v) is 6.72. The third-order valence-electron chi connectivity index (χ3n) is 4.04. The van der Waals surface area contributed by atoms with Crippen LogP contribution in [-0.2, 0) is 4.74 Å². The molecule has 1 rings (SSSR count). The number of rotatable bonds is 11. The number of esters is 1. The molecule has 0 aliphatic heterocycles. The fourth-order valence-corrected chi connectivity index (χ4v) is 2.67. The molecule has 0 saturated heterocycles. The van der Waals surface area contributed by atoms with Crippen LogP contribution in [0.4, 0.5) is 0 Å². The van der Waals surface area contributed by atoms with Gasteiger partial charge in [0.05, 0.1) is 12.4 Å². The molecule has 0 fully saturated rings. The van der Waals surface area contributed by atoms with Crippen LogP contribution in [0.15, 0.2) is 12.4 Å². The van der Waals surface area contributed by atoms with Crippen LogP contribution in [0.3, 0.4) is 0 Å². The average Bonchev–Trinajstić information content (AvgIpc) is 2.53. The van der Waals surface area contributed by atoms with E-state index in [4.69, 9.17) is 16.3 Å². The topological polar surface area (TPSA) is 52.1 Å². The minimum Gasteiger partial charge on any atom is -0.455 e. The van der Waals surface area contributed by atoms with E-state index in [0.29, 0.717) is 0 Å². The van der Waals surface area contributed by atoms with Crippen LogP contribution >= 0.6 is 11.6 Å². The van der Waals surface area contributed by atoms with Gasteiger partial charge in [0.1, 0.15) is 10.8 Å². The summed E-state index contributed by atoms with van der Waals surface area (Å²) >= 11 is 5.70. The second kappa shape index (κ2) is 10.6. The van der Waals surface area contributed by atoms with Crippen molar-refractivity contribution >= 4 is 17.6 Å². The molecule has 23 heavy (non-hydrogen) atoms. The Morgan fingerprint density at radius 1 is 1.04 bits per heavy atom. The molecule has 0 unspecified atom stereocenters. The summed E-state index contributed by atoms with van der Waals surface area (Å²) in [7, 11) is 0. The van der Waals surface area contributed by atoms with Gasteiger partial charge in [0.2, 0.25) is 0 Å². The van der Waals surface area contributed by atoms with E-state index in [1.54, 1.807) is 0 Å². The molecule has 5 heteroatoms. The smallest absolute Gasteiger partial charge is 0.359 e. The molecule has 0 aromatic carbocycles. The van der Waals surface area contributed by atoms with Gasteiger partial charge < -0.3 is 4.74 Å². The molecular weight excluding hydrogens is 312 g/mol. The summed E-state index contributed by atoms with van der Waals surface area (Å²) in [6.45, 7) is 6.39. The minimum atomic E-state index is -0.430. The molecule has 1 aromatic rings. The summed E-state index contributed by atoms with van der Waals surface area (Å²) in [5.41, 5.74) is -0.219. The van der Waals surface area contributed by atoms with Crippen molar-refractivity contribution in [1.29, 1.82) is 0 Å². The van der Waals surface area contributed by atoms with Gasteiger partial charge in [-0.05, 0) is 32.6 Å². The van der Waals surface area contributed by atoms with E-state index in [-0.39, 0.29) is 10.8 Å². The minimum absolute atomic E-state index is 0.211. The van der Waals surface area contributed by atoms with Crippen molar-refractivity contribution in [2.45, 2.75) is 84.2 Å². The normalized spacial score (nSPS) is 13.6. The predicted octanol–water partition coefficient (Wildman–Crippen LogP) is 5.60. The first-order chi connectivity index (χ1) is 11.0. The van der Waals surface area contributed by atoms with Crippen molar-refractivity contribution < 1.29 is 9.53 Å². The Labute approximate surface area is 145 Å². The maximum Gasteiger partial charge on any atom is 0.359 e. The number of ether oxygens (including phenoxy) is 1. The molecule has 0 aliphatic carbocycles. The van der Waals surface area contributed by atoms with E-state index in [9.17, 15) is 4.79 Å². The van der Waals surface area contributed by atoms with Crippen LogP contribution in [0.1, 0.15) is 89.0 Å². The Kier molecular flexibility index (Phi) is 9.15. The van der Waals surface area contributed by atoms with Gasteiger partial charge >= 0.3 is 5.97 Å². The van der Waals surface area contributed by atoms with E-state index in [1.807, 2.05) is 6.92 Å². The quantitative estimate of drug-likeness (QED) is 0.389. The monoisotopic (exact) mass is 340 g/mol. The van der Waals surface area contributed by atoms with Gasteiger partial charge in [0.25, 0.3) is 0 Å². The van der Waals surface area contributed by atoms with Gasteiger partial charge in [-0.25, -0.2) is 14.8 Å². The van der Waals surface area contributed by atoms with Crippen molar-refractivity contribution in [2.75, 3.05) is 0 Å². The predicted molar refractivity (Wildman–Crippen MR) is 93.8 cm³/mol. The number of hydrogen-bond acceptors (Lipinski definition) is 4. The van der Waals surface area contributed by atoms with Gasteiger partial charge in [-0.15, -0.1) is 0 Å². The number of halogens is 1. The summed E-state index contributed by atoms with van der Waals surface area (Å²) in [5, 5.41) is 0.270. The zero-order chi connectivity index (χ0) is 17.1. The fraction of sp³-hybridized carbons (Fsp3) is 0.722. The van der Waals surface area contributed by atoms with E-state index in [0.717, 1.165) is 32.1 Å². The van der Waals surface area contributed by atoms with Crippen LogP contribution in [0.2, 0.25) is 5.15 Å². The number of aromatic nitrogens is 2. The van der Waals surface area contributed by atoms with Crippen LogP contribution in [-0.4, -0.2) is 21.5 Å². The molecule has 1 heterocycles. The molecule has 0 radical (unpaired) electrons.